The second-order valence-electron chi connectivity index (χ2n) is 9.66. The molecule has 6 heteroatoms. The van der Waals surface area contributed by atoms with Gasteiger partial charge in [-0.05, 0) is 73.7 Å². The Morgan fingerprint density at radius 3 is 2.80 bits per heavy atom. The molecule has 2 N–H and O–H groups in total. The number of hydrogen-bond donors (Lipinski definition) is 2. The lowest BCUT2D eigenvalue weighted by molar-refractivity contribution is -0.148. The molecule has 2 aromatic carbocycles. The van der Waals surface area contributed by atoms with Gasteiger partial charge in [0.1, 0.15) is 11.5 Å². The van der Waals surface area contributed by atoms with E-state index >= 15 is 0 Å². The topological polar surface area (TPSA) is 71.0 Å². The van der Waals surface area contributed by atoms with Crippen LogP contribution in [0.15, 0.2) is 67.3 Å². The molecule has 0 spiro atoms. The SMILES string of the molecule is C=CCN1CCC2(c3cccc(O)c3)CC(NC(=O)C=Cc3cccc(OC)c3)CCC2(OC)C1. The minimum Gasteiger partial charge on any atom is -0.508 e. The molecular formula is C29H36N2O4. The van der Waals surface area contributed by atoms with E-state index < -0.39 is 5.60 Å². The molecule has 0 bridgehead atoms. The highest BCUT2D eigenvalue weighted by molar-refractivity contribution is 5.92. The van der Waals surface area contributed by atoms with Crippen molar-refractivity contribution in [2.24, 2.45) is 0 Å². The molecule has 6 nitrogen and oxygen atoms in total. The second kappa shape index (κ2) is 10.7. The zero-order valence-electron chi connectivity index (χ0n) is 20.7. The number of piperidine rings is 1. The van der Waals surface area contributed by atoms with Gasteiger partial charge < -0.3 is 19.9 Å². The summed E-state index contributed by atoms with van der Waals surface area (Å²) < 4.78 is 11.6. The lowest BCUT2D eigenvalue weighted by Crippen LogP contribution is -2.67. The van der Waals surface area contributed by atoms with Crippen molar-refractivity contribution < 1.29 is 19.4 Å². The summed E-state index contributed by atoms with van der Waals surface area (Å²) in [5, 5.41) is 13.5. The largest absolute Gasteiger partial charge is 0.508 e. The smallest absolute Gasteiger partial charge is 0.244 e. The van der Waals surface area contributed by atoms with Crippen molar-refractivity contribution in [3.05, 3.63) is 78.4 Å². The Labute approximate surface area is 208 Å². The summed E-state index contributed by atoms with van der Waals surface area (Å²) in [5.41, 5.74) is 1.26. The number of nitrogens with one attached hydrogen (secondary N) is 1. The van der Waals surface area contributed by atoms with Crippen molar-refractivity contribution in [1.82, 2.24) is 10.2 Å². The average molecular weight is 477 g/mol. The van der Waals surface area contributed by atoms with E-state index in [9.17, 15) is 9.90 Å². The average Bonchev–Trinajstić information content (AvgIpc) is 2.88. The number of hydrogen-bond acceptors (Lipinski definition) is 5. The van der Waals surface area contributed by atoms with Gasteiger partial charge in [0.15, 0.2) is 0 Å². The molecule has 1 saturated carbocycles. The van der Waals surface area contributed by atoms with E-state index in [4.69, 9.17) is 9.47 Å². The molecule has 1 saturated heterocycles. The third kappa shape index (κ3) is 5.14. The van der Waals surface area contributed by atoms with Gasteiger partial charge in [0, 0.05) is 37.7 Å². The number of amides is 1. The predicted molar refractivity (Wildman–Crippen MR) is 139 cm³/mol. The number of carbonyl (C=O) groups excluding carboxylic acids is 1. The molecule has 2 fully saturated rings. The highest BCUT2D eigenvalue weighted by Gasteiger charge is 2.58. The van der Waals surface area contributed by atoms with Crippen LogP contribution >= 0.6 is 0 Å². The zero-order chi connectivity index (χ0) is 24.9. The van der Waals surface area contributed by atoms with Crippen LogP contribution < -0.4 is 10.1 Å². The number of phenolic OH excluding ortho intramolecular Hbond substituents is 1. The van der Waals surface area contributed by atoms with Crippen molar-refractivity contribution in [1.29, 1.82) is 0 Å². The lowest BCUT2D eigenvalue weighted by Gasteiger charge is -2.59. The normalized spacial score (nSPS) is 26.7. The van der Waals surface area contributed by atoms with Crippen molar-refractivity contribution in [2.75, 3.05) is 33.9 Å². The maximum Gasteiger partial charge on any atom is 0.244 e. The molecule has 0 aromatic heterocycles. The summed E-state index contributed by atoms with van der Waals surface area (Å²) in [6.45, 7) is 6.43. The number of nitrogens with zero attached hydrogens (tertiary/aromatic N) is 1. The molecule has 1 aliphatic carbocycles. The molecular weight excluding hydrogens is 440 g/mol. The van der Waals surface area contributed by atoms with Gasteiger partial charge in [-0.3, -0.25) is 9.69 Å². The standard InChI is InChI=1S/C29H36N2O4/c1-4-16-31-17-15-28(23-8-6-9-25(32)19-23)20-24(13-14-29(28,21-31)35-3)30-27(33)12-11-22-7-5-10-26(18-22)34-2/h4-12,18-19,24,32H,1,13-17,20-21H2,2-3H3,(H,30,33). The van der Waals surface area contributed by atoms with E-state index in [0.29, 0.717) is 0 Å². The Bertz CT molecular complexity index is 1080. The Kier molecular flexibility index (Phi) is 7.63. The number of benzene rings is 2. The summed E-state index contributed by atoms with van der Waals surface area (Å²) >= 11 is 0. The van der Waals surface area contributed by atoms with Crippen LogP contribution in [-0.4, -0.2) is 61.4 Å². The van der Waals surface area contributed by atoms with Gasteiger partial charge in [-0.1, -0.05) is 30.3 Å². The number of ether oxygens (including phenoxy) is 2. The van der Waals surface area contributed by atoms with E-state index in [2.05, 4.69) is 22.9 Å². The number of aromatic hydroxyl groups is 1. The number of methoxy groups -OCH3 is 2. The molecule has 0 radical (unpaired) electrons. The maximum atomic E-state index is 12.9. The van der Waals surface area contributed by atoms with Gasteiger partial charge in [-0.15, -0.1) is 6.58 Å². The van der Waals surface area contributed by atoms with E-state index in [1.807, 2.05) is 42.5 Å². The fourth-order valence-corrected chi connectivity index (χ4v) is 6.02. The minimum atomic E-state index is -0.403. The molecule has 1 amide bonds. The molecule has 186 valence electrons. The first-order valence-electron chi connectivity index (χ1n) is 12.2. The summed E-state index contributed by atoms with van der Waals surface area (Å²) in [6.07, 6.45) is 8.60. The number of fused-ring (bicyclic) bond motifs is 1. The van der Waals surface area contributed by atoms with E-state index in [1.165, 1.54) is 0 Å². The van der Waals surface area contributed by atoms with Gasteiger partial charge >= 0.3 is 0 Å². The number of likely N-dealkylation sites (tertiary alicyclic amines) is 1. The monoisotopic (exact) mass is 476 g/mol. The van der Waals surface area contributed by atoms with E-state index in [1.54, 1.807) is 32.4 Å². The van der Waals surface area contributed by atoms with Crippen molar-refractivity contribution >= 4 is 12.0 Å². The summed E-state index contributed by atoms with van der Waals surface area (Å²) in [5.74, 6) is 0.896. The first-order chi connectivity index (χ1) is 16.9. The van der Waals surface area contributed by atoms with Gasteiger partial charge in [-0.2, -0.15) is 0 Å². The highest BCUT2D eigenvalue weighted by atomic mass is 16.5. The van der Waals surface area contributed by atoms with Crippen LogP contribution in [0.5, 0.6) is 11.5 Å². The fourth-order valence-electron chi connectivity index (χ4n) is 6.02. The zero-order valence-corrected chi connectivity index (χ0v) is 20.7. The van der Waals surface area contributed by atoms with Crippen LogP contribution in [-0.2, 0) is 14.9 Å². The number of carbonyl (C=O) groups is 1. The second-order valence-corrected chi connectivity index (χ2v) is 9.66. The molecule has 3 unspecified atom stereocenters. The van der Waals surface area contributed by atoms with E-state index in [0.717, 1.165) is 62.2 Å². The number of rotatable bonds is 8. The van der Waals surface area contributed by atoms with Gasteiger partial charge in [0.05, 0.1) is 12.7 Å². The van der Waals surface area contributed by atoms with Gasteiger partial charge in [0.2, 0.25) is 5.91 Å². The van der Waals surface area contributed by atoms with Crippen LogP contribution in [0.4, 0.5) is 0 Å². The Morgan fingerprint density at radius 1 is 1.23 bits per heavy atom. The summed E-state index contributed by atoms with van der Waals surface area (Å²) in [6, 6.07) is 15.2. The fraction of sp³-hybridized carbons (Fsp3) is 0.414. The Morgan fingerprint density at radius 2 is 2.06 bits per heavy atom. The molecule has 35 heavy (non-hydrogen) atoms. The van der Waals surface area contributed by atoms with Crippen LogP contribution in [0.2, 0.25) is 0 Å². The maximum absolute atomic E-state index is 12.9. The Balaban J connectivity index is 1.57. The third-order valence-corrected chi connectivity index (χ3v) is 7.74. The first kappa shape index (κ1) is 25.0. The molecule has 4 rings (SSSR count). The van der Waals surface area contributed by atoms with Crippen molar-refractivity contribution in [3.63, 3.8) is 0 Å². The van der Waals surface area contributed by atoms with Crippen molar-refractivity contribution in [3.8, 4) is 11.5 Å². The molecule has 2 aromatic rings. The summed E-state index contributed by atoms with van der Waals surface area (Å²) in [4.78, 5) is 15.2. The van der Waals surface area contributed by atoms with Gasteiger partial charge in [0.25, 0.3) is 0 Å². The van der Waals surface area contributed by atoms with Crippen LogP contribution in [0.1, 0.15) is 36.8 Å². The molecule has 1 aliphatic heterocycles. The predicted octanol–water partition coefficient (Wildman–Crippen LogP) is 4.30. The Hall–Kier alpha value is -3.09. The summed E-state index contributed by atoms with van der Waals surface area (Å²) in [7, 11) is 3.42. The first-order valence-corrected chi connectivity index (χ1v) is 12.2. The van der Waals surface area contributed by atoms with E-state index in [-0.39, 0.29) is 23.1 Å². The lowest BCUT2D eigenvalue weighted by atomic mass is 9.55. The molecule has 1 heterocycles. The quantitative estimate of drug-likeness (QED) is 0.439. The highest BCUT2D eigenvalue weighted by Crippen LogP contribution is 2.53. The third-order valence-electron chi connectivity index (χ3n) is 7.74. The number of phenols is 1. The van der Waals surface area contributed by atoms with Crippen molar-refractivity contribution in [2.45, 2.75) is 42.7 Å². The van der Waals surface area contributed by atoms with Gasteiger partial charge in [-0.25, -0.2) is 0 Å². The minimum absolute atomic E-state index is 0.00837. The molecule has 2 aliphatic rings. The van der Waals surface area contributed by atoms with Crippen LogP contribution in [0, 0.1) is 0 Å². The van der Waals surface area contributed by atoms with Crippen LogP contribution in [0.3, 0.4) is 0 Å². The van der Waals surface area contributed by atoms with Crippen LogP contribution in [0.25, 0.3) is 6.08 Å². The molecule has 3 atom stereocenters.